The zero-order valence-corrected chi connectivity index (χ0v) is 23.3. The van der Waals surface area contributed by atoms with Gasteiger partial charge in [-0.25, -0.2) is 0 Å². The first-order valence-corrected chi connectivity index (χ1v) is 14.0. The Labute approximate surface area is 250 Å². The molecule has 4 nitrogen and oxygen atoms in total. The summed E-state index contributed by atoms with van der Waals surface area (Å²) in [5, 5.41) is 0. The van der Waals surface area contributed by atoms with Gasteiger partial charge in [-0.3, -0.25) is 14.4 Å². The molecule has 0 fully saturated rings. The number of hydrogen-bond donors (Lipinski definition) is 0. The van der Waals surface area contributed by atoms with Gasteiger partial charge < -0.3 is 4.90 Å². The molecule has 0 unspecified atom stereocenters. The van der Waals surface area contributed by atoms with Gasteiger partial charge in [-0.2, -0.15) is 0 Å². The lowest BCUT2D eigenvalue weighted by Gasteiger charge is -2.26. The Bertz CT molecular complexity index is 1640. The molecule has 0 bridgehead atoms. The molecule has 0 heterocycles. The van der Waals surface area contributed by atoms with E-state index in [1.165, 1.54) is 0 Å². The predicted molar refractivity (Wildman–Crippen MR) is 171 cm³/mol. The number of ketones is 3. The highest BCUT2D eigenvalue weighted by Gasteiger charge is 2.17. The molecule has 0 aliphatic rings. The number of carbonyl (C=O) groups is 3. The molecular weight excluding hydrogens is 530 g/mol. The molecule has 0 spiro atoms. The van der Waals surface area contributed by atoms with Gasteiger partial charge in [-0.1, -0.05) is 91.0 Å². The van der Waals surface area contributed by atoms with E-state index in [2.05, 4.69) is 0 Å². The number of nitrogens with zero attached hydrogens (tertiary/aromatic N) is 1. The second-order valence-corrected chi connectivity index (χ2v) is 10.1. The van der Waals surface area contributed by atoms with Gasteiger partial charge in [0.1, 0.15) is 0 Å². The van der Waals surface area contributed by atoms with E-state index < -0.39 is 0 Å². The maximum Gasteiger partial charge on any atom is 0.193 e. The second kappa shape index (κ2) is 12.3. The van der Waals surface area contributed by atoms with Crippen molar-refractivity contribution in [1.29, 1.82) is 0 Å². The largest absolute Gasteiger partial charge is 0.311 e. The van der Waals surface area contributed by atoms with Crippen LogP contribution in [0.25, 0.3) is 0 Å². The Morgan fingerprint density at radius 1 is 0.279 bits per heavy atom. The molecule has 0 aliphatic carbocycles. The van der Waals surface area contributed by atoms with Gasteiger partial charge in [0.05, 0.1) is 0 Å². The Morgan fingerprint density at radius 2 is 0.488 bits per heavy atom. The number of hydrogen-bond acceptors (Lipinski definition) is 4. The number of anilines is 3. The Hall–Kier alpha value is -5.87. The third-order valence-corrected chi connectivity index (χ3v) is 7.27. The van der Waals surface area contributed by atoms with Gasteiger partial charge in [0.25, 0.3) is 0 Å². The van der Waals surface area contributed by atoms with Crippen molar-refractivity contribution < 1.29 is 14.4 Å². The van der Waals surface area contributed by atoms with Crippen LogP contribution in [-0.4, -0.2) is 17.3 Å². The number of rotatable bonds is 9. The fourth-order valence-corrected chi connectivity index (χ4v) is 5.00. The van der Waals surface area contributed by atoms with Crippen molar-refractivity contribution in [3.05, 3.63) is 197 Å². The Kier molecular flexibility index (Phi) is 7.83. The smallest absolute Gasteiger partial charge is 0.193 e. The van der Waals surface area contributed by atoms with Gasteiger partial charge in [0, 0.05) is 50.4 Å². The molecule has 0 N–H and O–H groups in total. The SMILES string of the molecule is O=C(c1ccccc1)c1ccc(N(c2ccc(C(=O)c3ccccc3)cc2)c2ccc(C(=O)c3ccccc3)cc2)cc1. The zero-order valence-electron chi connectivity index (χ0n) is 23.3. The third-order valence-electron chi connectivity index (χ3n) is 7.27. The van der Waals surface area contributed by atoms with Gasteiger partial charge >= 0.3 is 0 Å². The molecule has 0 amide bonds. The van der Waals surface area contributed by atoms with Gasteiger partial charge in [-0.15, -0.1) is 0 Å². The summed E-state index contributed by atoms with van der Waals surface area (Å²) in [5.74, 6) is -0.149. The minimum Gasteiger partial charge on any atom is -0.311 e. The van der Waals surface area contributed by atoms with Crippen molar-refractivity contribution in [3.63, 3.8) is 0 Å². The van der Waals surface area contributed by atoms with Gasteiger partial charge in [0.15, 0.2) is 17.3 Å². The average Bonchev–Trinajstić information content (AvgIpc) is 3.09. The summed E-state index contributed by atoms with van der Waals surface area (Å²) in [7, 11) is 0. The fourth-order valence-electron chi connectivity index (χ4n) is 5.00. The maximum absolute atomic E-state index is 13.0. The molecule has 0 radical (unpaired) electrons. The standard InChI is InChI=1S/C39H27NO3/c41-37(28-10-4-1-5-11-28)31-16-22-34(23-17-31)40(35-24-18-32(19-25-35)38(42)29-12-6-2-7-13-29)36-26-20-33(21-27-36)39(43)30-14-8-3-9-15-30/h1-27H. The van der Waals surface area contributed by atoms with Gasteiger partial charge in [0.2, 0.25) is 0 Å². The lowest BCUT2D eigenvalue weighted by Crippen LogP contribution is -2.11. The molecular formula is C39H27NO3. The molecule has 0 atom stereocenters. The van der Waals surface area contributed by atoms with Crippen molar-refractivity contribution in [2.45, 2.75) is 0 Å². The van der Waals surface area contributed by atoms with Crippen molar-refractivity contribution in [2.75, 3.05) is 4.90 Å². The summed E-state index contributed by atoms with van der Waals surface area (Å²) in [6.07, 6.45) is 0. The summed E-state index contributed by atoms with van der Waals surface area (Å²) in [6, 6.07) is 49.9. The van der Waals surface area contributed by atoms with Crippen LogP contribution in [0.4, 0.5) is 17.1 Å². The van der Waals surface area contributed by atoms with Crippen LogP contribution < -0.4 is 4.90 Å². The van der Waals surface area contributed by atoms with E-state index in [1.54, 1.807) is 36.4 Å². The van der Waals surface area contributed by atoms with E-state index in [0.29, 0.717) is 33.4 Å². The highest BCUT2D eigenvalue weighted by molar-refractivity contribution is 6.10. The van der Waals surface area contributed by atoms with Crippen LogP contribution in [0.1, 0.15) is 47.8 Å². The molecule has 206 valence electrons. The van der Waals surface area contributed by atoms with Crippen LogP contribution in [0.2, 0.25) is 0 Å². The number of benzene rings is 6. The molecule has 6 aromatic carbocycles. The summed E-state index contributed by atoms with van der Waals surface area (Å²) in [4.78, 5) is 41.1. The third kappa shape index (κ3) is 5.95. The predicted octanol–water partition coefficient (Wildman–Crippen LogP) is 8.85. The van der Waals surface area contributed by atoms with Crippen LogP contribution in [0, 0.1) is 0 Å². The van der Waals surface area contributed by atoms with Crippen LogP contribution in [0.3, 0.4) is 0 Å². The first kappa shape index (κ1) is 27.3. The quantitative estimate of drug-likeness (QED) is 0.167. The average molecular weight is 558 g/mol. The maximum atomic E-state index is 13.0. The molecule has 6 rings (SSSR count). The van der Waals surface area contributed by atoms with Crippen molar-refractivity contribution in [3.8, 4) is 0 Å². The Balaban J connectivity index is 1.35. The first-order valence-electron chi connectivity index (χ1n) is 14.0. The van der Waals surface area contributed by atoms with Crippen molar-refractivity contribution in [2.24, 2.45) is 0 Å². The van der Waals surface area contributed by atoms with E-state index >= 15 is 0 Å². The summed E-state index contributed by atoms with van der Waals surface area (Å²) >= 11 is 0. The minimum absolute atomic E-state index is 0.0498. The highest BCUT2D eigenvalue weighted by atomic mass is 16.1. The van der Waals surface area contributed by atoms with E-state index in [0.717, 1.165) is 17.1 Å². The van der Waals surface area contributed by atoms with Crippen LogP contribution >= 0.6 is 0 Å². The normalized spacial score (nSPS) is 10.6. The molecule has 6 aromatic rings. The zero-order chi connectivity index (χ0) is 29.6. The lowest BCUT2D eigenvalue weighted by atomic mass is 10.0. The van der Waals surface area contributed by atoms with Gasteiger partial charge in [-0.05, 0) is 72.8 Å². The van der Waals surface area contributed by atoms with Crippen LogP contribution in [-0.2, 0) is 0 Å². The first-order chi connectivity index (χ1) is 21.1. The fraction of sp³-hybridized carbons (Fsp3) is 0. The van der Waals surface area contributed by atoms with E-state index in [1.807, 2.05) is 132 Å². The molecule has 0 aromatic heterocycles. The second-order valence-electron chi connectivity index (χ2n) is 10.1. The van der Waals surface area contributed by atoms with E-state index in [-0.39, 0.29) is 17.3 Å². The summed E-state index contributed by atoms with van der Waals surface area (Å²) in [6.45, 7) is 0. The number of carbonyl (C=O) groups excluding carboxylic acids is 3. The van der Waals surface area contributed by atoms with E-state index in [9.17, 15) is 14.4 Å². The molecule has 4 heteroatoms. The topological polar surface area (TPSA) is 54.5 Å². The molecule has 0 saturated carbocycles. The van der Waals surface area contributed by atoms with Crippen LogP contribution in [0.5, 0.6) is 0 Å². The molecule has 43 heavy (non-hydrogen) atoms. The van der Waals surface area contributed by atoms with Crippen molar-refractivity contribution >= 4 is 34.4 Å². The van der Waals surface area contributed by atoms with Crippen LogP contribution in [0.15, 0.2) is 164 Å². The minimum atomic E-state index is -0.0498. The van der Waals surface area contributed by atoms with E-state index in [4.69, 9.17) is 0 Å². The summed E-state index contributed by atoms with van der Waals surface area (Å²) in [5.41, 5.74) is 6.13. The Morgan fingerprint density at radius 3 is 0.721 bits per heavy atom. The van der Waals surface area contributed by atoms with Crippen molar-refractivity contribution in [1.82, 2.24) is 0 Å². The monoisotopic (exact) mass is 557 g/mol. The molecule has 0 saturated heterocycles. The lowest BCUT2D eigenvalue weighted by molar-refractivity contribution is 0.103. The molecule has 0 aliphatic heterocycles. The summed E-state index contributed by atoms with van der Waals surface area (Å²) < 4.78 is 0. The highest BCUT2D eigenvalue weighted by Crippen LogP contribution is 2.35.